The van der Waals surface area contributed by atoms with Crippen molar-refractivity contribution in [2.24, 2.45) is 22.5 Å². The Balaban J connectivity index is 1.84. The minimum absolute atomic E-state index is 0.0839. The van der Waals surface area contributed by atoms with Gasteiger partial charge in [0, 0.05) is 18.5 Å². The maximum atomic E-state index is 14.1. The number of aliphatic hydroxyl groups excluding tert-OH is 1. The number of carbonyl (C=O) groups excluding carboxylic acids is 1. The van der Waals surface area contributed by atoms with Crippen LogP contribution in [0.4, 0.5) is 4.39 Å². The van der Waals surface area contributed by atoms with Gasteiger partial charge in [-0.15, -0.1) is 0 Å². The summed E-state index contributed by atoms with van der Waals surface area (Å²) in [6.07, 6.45) is 1.53. The first-order valence-electron chi connectivity index (χ1n) is 8.22. The van der Waals surface area contributed by atoms with Crippen LogP contribution in [0.5, 0.6) is 0 Å². The first kappa shape index (κ1) is 16.4. The van der Waals surface area contributed by atoms with Gasteiger partial charge in [-0.25, -0.2) is 4.39 Å². The molecule has 1 amide bonds. The lowest BCUT2D eigenvalue weighted by atomic mass is 9.48. The number of hydrogen-bond donors (Lipinski definition) is 2. The van der Waals surface area contributed by atoms with Gasteiger partial charge in [0.2, 0.25) is 0 Å². The lowest BCUT2D eigenvalue weighted by Gasteiger charge is -2.55. The summed E-state index contributed by atoms with van der Waals surface area (Å²) in [7, 11) is 0. The topological polar surface area (TPSA) is 66.6 Å². The summed E-state index contributed by atoms with van der Waals surface area (Å²) in [5.41, 5.74) is 6.44. The van der Waals surface area contributed by atoms with Crippen LogP contribution < -0.4 is 5.73 Å². The van der Waals surface area contributed by atoms with Gasteiger partial charge in [-0.1, -0.05) is 19.9 Å². The molecule has 2 atom stereocenters. The quantitative estimate of drug-likeness (QED) is 0.889. The Bertz CT molecular complexity index is 631. The van der Waals surface area contributed by atoms with Crippen molar-refractivity contribution in [1.82, 2.24) is 4.90 Å². The zero-order valence-corrected chi connectivity index (χ0v) is 13.8. The van der Waals surface area contributed by atoms with E-state index in [4.69, 9.17) is 5.73 Å². The van der Waals surface area contributed by atoms with Gasteiger partial charge in [0.05, 0.1) is 12.2 Å². The molecule has 23 heavy (non-hydrogen) atoms. The average molecular weight is 320 g/mol. The number of amides is 1. The molecule has 0 radical (unpaired) electrons. The third kappa shape index (κ3) is 2.56. The molecule has 5 heteroatoms. The molecule has 1 heterocycles. The Morgan fingerprint density at radius 1 is 1.48 bits per heavy atom. The number of fused-ring (bicyclic) bond motifs is 1. The molecule has 0 unspecified atom stereocenters. The Kier molecular flexibility index (Phi) is 3.97. The molecule has 1 aliphatic heterocycles. The zero-order chi connectivity index (χ0) is 16.8. The molecule has 126 valence electrons. The third-order valence-electron chi connectivity index (χ3n) is 5.70. The highest BCUT2D eigenvalue weighted by molar-refractivity contribution is 5.95. The molecule has 1 saturated heterocycles. The largest absolute Gasteiger partial charge is 0.396 e. The normalized spacial score (nSPS) is 28.4. The maximum Gasteiger partial charge on any atom is 0.256 e. The van der Waals surface area contributed by atoms with Gasteiger partial charge in [0.1, 0.15) is 5.82 Å². The molecule has 1 aliphatic carbocycles. The molecule has 0 spiro atoms. The van der Waals surface area contributed by atoms with Crippen LogP contribution in [0.25, 0.3) is 0 Å². The number of nitrogens with two attached hydrogens (primary N) is 1. The van der Waals surface area contributed by atoms with Crippen molar-refractivity contribution in [3.8, 4) is 0 Å². The van der Waals surface area contributed by atoms with E-state index < -0.39 is 5.82 Å². The molecule has 2 aliphatic rings. The van der Waals surface area contributed by atoms with Crippen LogP contribution in [-0.4, -0.2) is 42.2 Å². The van der Waals surface area contributed by atoms with Crippen molar-refractivity contribution in [2.45, 2.75) is 26.7 Å². The molecule has 1 aromatic rings. The molecule has 4 nitrogen and oxygen atoms in total. The van der Waals surface area contributed by atoms with E-state index in [1.54, 1.807) is 17.0 Å². The van der Waals surface area contributed by atoms with Crippen LogP contribution in [0, 0.1) is 22.6 Å². The summed E-state index contributed by atoms with van der Waals surface area (Å²) in [5.74, 6) is -0.494. The molecule has 1 aromatic carbocycles. The van der Waals surface area contributed by atoms with Crippen molar-refractivity contribution >= 4 is 5.91 Å². The van der Waals surface area contributed by atoms with E-state index >= 15 is 0 Å². The van der Waals surface area contributed by atoms with E-state index in [2.05, 4.69) is 13.8 Å². The van der Waals surface area contributed by atoms with Crippen LogP contribution in [0.15, 0.2) is 18.2 Å². The predicted octanol–water partition coefficient (Wildman–Crippen LogP) is 1.81. The molecular weight excluding hydrogens is 295 g/mol. The average Bonchev–Trinajstić information content (AvgIpc) is 2.84. The van der Waals surface area contributed by atoms with Crippen molar-refractivity contribution in [1.29, 1.82) is 0 Å². The molecule has 1 saturated carbocycles. The molecule has 0 bridgehead atoms. The number of carbonyl (C=O) groups is 1. The standard InChI is InChI=1S/C18H25FN2O2/c1-17(2)9-18(11-22)10-21(8-15(17)18)16(23)13-7-12(5-6-20)3-4-14(13)19/h3-4,7,15,22H,5-6,8-11,20H2,1-2H3/t15-,18-/m1/s1. The van der Waals surface area contributed by atoms with E-state index in [9.17, 15) is 14.3 Å². The highest BCUT2D eigenvalue weighted by Gasteiger charge is 2.63. The minimum Gasteiger partial charge on any atom is -0.396 e. The van der Waals surface area contributed by atoms with Gasteiger partial charge in [0.15, 0.2) is 0 Å². The van der Waals surface area contributed by atoms with Gasteiger partial charge in [-0.3, -0.25) is 4.79 Å². The van der Waals surface area contributed by atoms with E-state index in [0.29, 0.717) is 26.1 Å². The highest BCUT2D eigenvalue weighted by Crippen LogP contribution is 2.62. The summed E-state index contributed by atoms with van der Waals surface area (Å²) in [5, 5.41) is 9.79. The summed E-state index contributed by atoms with van der Waals surface area (Å²) in [6, 6.07) is 4.63. The zero-order valence-electron chi connectivity index (χ0n) is 13.8. The number of nitrogens with zero attached hydrogens (tertiary/aromatic N) is 1. The molecule has 2 fully saturated rings. The fourth-order valence-corrected chi connectivity index (χ4v) is 4.72. The van der Waals surface area contributed by atoms with Crippen LogP contribution in [0.2, 0.25) is 0 Å². The molecule has 0 aromatic heterocycles. The lowest BCUT2D eigenvalue weighted by Crippen LogP contribution is -2.54. The number of halogens is 1. The van der Waals surface area contributed by atoms with Gasteiger partial charge in [-0.2, -0.15) is 0 Å². The number of hydrogen-bond acceptors (Lipinski definition) is 3. The van der Waals surface area contributed by atoms with E-state index in [1.807, 2.05) is 0 Å². The SMILES string of the molecule is CC1(C)C[C@]2(CO)CN(C(=O)c3cc(CCN)ccc3F)C[C@H]12. The second-order valence-electron chi connectivity index (χ2n) is 7.78. The first-order valence-corrected chi connectivity index (χ1v) is 8.22. The monoisotopic (exact) mass is 320 g/mol. The Labute approximate surface area is 136 Å². The van der Waals surface area contributed by atoms with Crippen LogP contribution >= 0.6 is 0 Å². The number of rotatable bonds is 4. The first-order chi connectivity index (χ1) is 10.8. The van der Waals surface area contributed by atoms with Crippen molar-refractivity contribution in [3.05, 3.63) is 35.1 Å². The van der Waals surface area contributed by atoms with Crippen LogP contribution in [0.3, 0.4) is 0 Å². The minimum atomic E-state index is -0.493. The highest BCUT2D eigenvalue weighted by atomic mass is 19.1. The molecule has 3 N–H and O–H groups in total. The second-order valence-corrected chi connectivity index (χ2v) is 7.78. The Morgan fingerprint density at radius 3 is 2.78 bits per heavy atom. The van der Waals surface area contributed by atoms with E-state index in [-0.39, 0.29) is 34.8 Å². The predicted molar refractivity (Wildman–Crippen MR) is 86.5 cm³/mol. The van der Waals surface area contributed by atoms with E-state index in [1.165, 1.54) is 6.07 Å². The lowest BCUT2D eigenvalue weighted by molar-refractivity contribution is -0.0977. The van der Waals surface area contributed by atoms with Gasteiger partial charge < -0.3 is 15.7 Å². The number of aliphatic hydroxyl groups is 1. The Morgan fingerprint density at radius 2 is 2.22 bits per heavy atom. The van der Waals surface area contributed by atoms with E-state index in [0.717, 1.165) is 12.0 Å². The molecule has 3 rings (SSSR count). The third-order valence-corrected chi connectivity index (χ3v) is 5.70. The summed E-state index contributed by atoms with van der Waals surface area (Å²) in [6.45, 7) is 5.99. The van der Waals surface area contributed by atoms with Gasteiger partial charge in [0.25, 0.3) is 5.91 Å². The van der Waals surface area contributed by atoms with Gasteiger partial charge in [-0.05, 0) is 48.4 Å². The second kappa shape index (κ2) is 5.56. The Hall–Kier alpha value is -1.46. The fraction of sp³-hybridized carbons (Fsp3) is 0.611. The number of likely N-dealkylation sites (tertiary alicyclic amines) is 1. The molecular formula is C18H25FN2O2. The maximum absolute atomic E-state index is 14.1. The van der Waals surface area contributed by atoms with Crippen LogP contribution in [-0.2, 0) is 6.42 Å². The van der Waals surface area contributed by atoms with Crippen LogP contribution in [0.1, 0.15) is 36.2 Å². The van der Waals surface area contributed by atoms with Gasteiger partial charge >= 0.3 is 0 Å². The summed E-state index contributed by atoms with van der Waals surface area (Å²) in [4.78, 5) is 14.5. The van der Waals surface area contributed by atoms with Crippen molar-refractivity contribution in [3.63, 3.8) is 0 Å². The van der Waals surface area contributed by atoms with Crippen molar-refractivity contribution < 1.29 is 14.3 Å². The smallest absolute Gasteiger partial charge is 0.256 e. The van der Waals surface area contributed by atoms with Crippen molar-refractivity contribution in [2.75, 3.05) is 26.2 Å². The summed E-state index contributed by atoms with van der Waals surface area (Å²) < 4.78 is 14.1. The number of benzene rings is 1. The fourth-order valence-electron chi connectivity index (χ4n) is 4.72. The summed E-state index contributed by atoms with van der Waals surface area (Å²) >= 11 is 0.